The van der Waals surface area contributed by atoms with Crippen LogP contribution < -0.4 is 16.3 Å². The molecule has 0 unspecified atom stereocenters. The number of carbonyl (C=O) groups excluding carboxylic acids is 2. The third kappa shape index (κ3) is 4.10. The number of aromatic nitrogens is 1. The molecule has 0 aliphatic heterocycles. The number of pyridine rings is 1. The lowest BCUT2D eigenvalue weighted by atomic mass is 10.0. The predicted octanol–water partition coefficient (Wildman–Crippen LogP) is 2.56. The summed E-state index contributed by atoms with van der Waals surface area (Å²) in [5.41, 5.74) is 3.53. The van der Waals surface area contributed by atoms with Crippen LogP contribution in [0.4, 0.5) is 0 Å². The molecule has 3 aromatic carbocycles. The zero-order chi connectivity index (χ0) is 20.9. The van der Waals surface area contributed by atoms with Gasteiger partial charge in [-0.05, 0) is 34.4 Å². The summed E-state index contributed by atoms with van der Waals surface area (Å²) in [6.07, 6.45) is 1.27. The van der Waals surface area contributed by atoms with Crippen molar-refractivity contribution in [2.24, 2.45) is 5.10 Å². The molecule has 3 N–H and O–H groups in total. The zero-order valence-electron chi connectivity index (χ0n) is 15.9. The van der Waals surface area contributed by atoms with E-state index in [0.29, 0.717) is 11.1 Å². The number of nitrogens with zero attached hydrogens (tertiary/aromatic N) is 1. The Balaban J connectivity index is 1.38. The summed E-state index contributed by atoms with van der Waals surface area (Å²) in [6, 6.07) is 22.0. The summed E-state index contributed by atoms with van der Waals surface area (Å²) >= 11 is 0. The molecule has 1 heterocycles. The number of hydrogen-bond acceptors (Lipinski definition) is 4. The van der Waals surface area contributed by atoms with Gasteiger partial charge >= 0.3 is 0 Å². The zero-order valence-corrected chi connectivity index (χ0v) is 15.9. The molecule has 4 aromatic rings. The summed E-state index contributed by atoms with van der Waals surface area (Å²) in [4.78, 5) is 39.3. The first-order valence-corrected chi connectivity index (χ1v) is 9.32. The lowest BCUT2D eigenvalue weighted by Gasteiger charge is -2.07. The van der Waals surface area contributed by atoms with E-state index in [1.807, 2.05) is 48.5 Å². The maximum absolute atomic E-state index is 12.5. The monoisotopic (exact) mass is 398 g/mol. The second-order valence-electron chi connectivity index (χ2n) is 6.64. The van der Waals surface area contributed by atoms with Crippen LogP contribution in [0.25, 0.3) is 21.7 Å². The van der Waals surface area contributed by atoms with E-state index in [2.05, 4.69) is 20.8 Å². The van der Waals surface area contributed by atoms with Gasteiger partial charge < -0.3 is 10.3 Å². The van der Waals surface area contributed by atoms with Crippen molar-refractivity contribution in [1.82, 2.24) is 15.7 Å². The van der Waals surface area contributed by atoms with Gasteiger partial charge in [-0.2, -0.15) is 5.10 Å². The average molecular weight is 398 g/mol. The van der Waals surface area contributed by atoms with Crippen LogP contribution in [0, 0.1) is 0 Å². The Labute approximate surface area is 171 Å². The number of aromatic amines is 1. The van der Waals surface area contributed by atoms with Crippen molar-refractivity contribution in [2.45, 2.75) is 0 Å². The Morgan fingerprint density at radius 2 is 1.67 bits per heavy atom. The fourth-order valence-corrected chi connectivity index (χ4v) is 3.15. The van der Waals surface area contributed by atoms with Crippen LogP contribution in [0.15, 0.2) is 82.7 Å². The predicted molar refractivity (Wildman–Crippen MR) is 117 cm³/mol. The normalized spacial score (nSPS) is 11.1. The number of benzene rings is 3. The van der Waals surface area contributed by atoms with Crippen LogP contribution in [0.2, 0.25) is 0 Å². The van der Waals surface area contributed by atoms with Crippen LogP contribution in [-0.2, 0) is 4.79 Å². The molecule has 0 fully saturated rings. The van der Waals surface area contributed by atoms with E-state index in [0.717, 1.165) is 21.7 Å². The number of H-pyrrole nitrogens is 1. The summed E-state index contributed by atoms with van der Waals surface area (Å²) in [5, 5.41) is 9.01. The Morgan fingerprint density at radius 1 is 0.933 bits per heavy atom. The van der Waals surface area contributed by atoms with Crippen molar-refractivity contribution in [3.8, 4) is 0 Å². The third-order valence-electron chi connectivity index (χ3n) is 4.62. The highest BCUT2D eigenvalue weighted by Gasteiger charge is 2.10. The van der Waals surface area contributed by atoms with Gasteiger partial charge in [0.05, 0.1) is 18.3 Å². The minimum atomic E-state index is -0.503. The molecule has 0 spiro atoms. The number of fused-ring (bicyclic) bond motifs is 2. The topological polar surface area (TPSA) is 103 Å². The molecule has 7 heteroatoms. The van der Waals surface area contributed by atoms with Crippen LogP contribution in [0.3, 0.4) is 0 Å². The number of nitrogens with one attached hydrogen (secondary N) is 3. The fourth-order valence-electron chi connectivity index (χ4n) is 3.15. The SMILES string of the molecule is O=C(CNC(=O)c1cccc2ccccc12)N/N=C/c1cc2ccccc2[nH]c1=O. The van der Waals surface area contributed by atoms with Crippen molar-refractivity contribution in [1.29, 1.82) is 0 Å². The molecule has 0 atom stereocenters. The molecule has 0 saturated heterocycles. The highest BCUT2D eigenvalue weighted by Crippen LogP contribution is 2.18. The second-order valence-corrected chi connectivity index (χ2v) is 6.64. The maximum Gasteiger partial charge on any atom is 0.259 e. The first-order valence-electron chi connectivity index (χ1n) is 9.32. The number of carbonyl (C=O) groups is 2. The average Bonchev–Trinajstić information content (AvgIpc) is 2.77. The van der Waals surface area contributed by atoms with Crippen LogP contribution in [0.1, 0.15) is 15.9 Å². The lowest BCUT2D eigenvalue weighted by molar-refractivity contribution is -0.120. The van der Waals surface area contributed by atoms with Gasteiger partial charge in [0.25, 0.3) is 17.4 Å². The molecule has 0 bridgehead atoms. The minimum Gasteiger partial charge on any atom is -0.343 e. The van der Waals surface area contributed by atoms with E-state index in [4.69, 9.17) is 0 Å². The van der Waals surface area contributed by atoms with Crippen molar-refractivity contribution in [3.05, 3.63) is 94.3 Å². The maximum atomic E-state index is 12.5. The Morgan fingerprint density at radius 3 is 2.53 bits per heavy atom. The molecule has 0 radical (unpaired) electrons. The first kappa shape index (κ1) is 19.1. The van der Waals surface area contributed by atoms with Gasteiger partial charge in [0, 0.05) is 11.1 Å². The second kappa shape index (κ2) is 8.40. The van der Waals surface area contributed by atoms with Crippen molar-refractivity contribution >= 4 is 39.7 Å². The number of hydrogen-bond donors (Lipinski definition) is 3. The van der Waals surface area contributed by atoms with E-state index in [1.165, 1.54) is 6.21 Å². The lowest BCUT2D eigenvalue weighted by Crippen LogP contribution is -2.35. The Hall–Kier alpha value is -4.26. The summed E-state index contributed by atoms with van der Waals surface area (Å²) in [6.45, 7) is -0.243. The van der Waals surface area contributed by atoms with Crippen molar-refractivity contribution in [2.75, 3.05) is 6.54 Å². The number of para-hydroxylation sites is 1. The van der Waals surface area contributed by atoms with Crippen molar-refractivity contribution in [3.63, 3.8) is 0 Å². The highest BCUT2D eigenvalue weighted by molar-refractivity contribution is 6.07. The Bertz CT molecular complexity index is 1340. The Kier molecular flexibility index (Phi) is 5.34. The number of amides is 2. The van der Waals surface area contributed by atoms with E-state index in [1.54, 1.807) is 24.3 Å². The van der Waals surface area contributed by atoms with E-state index < -0.39 is 5.91 Å². The summed E-state index contributed by atoms with van der Waals surface area (Å²) in [7, 11) is 0. The van der Waals surface area contributed by atoms with Crippen LogP contribution in [0.5, 0.6) is 0 Å². The molecule has 1 aromatic heterocycles. The molecule has 2 amide bonds. The van der Waals surface area contributed by atoms with Crippen LogP contribution in [-0.4, -0.2) is 29.6 Å². The van der Waals surface area contributed by atoms with Crippen molar-refractivity contribution < 1.29 is 9.59 Å². The standard InChI is InChI=1S/C23H18N4O3/c28-21(14-24-23(30)19-10-5-8-15-6-1-3-9-18(15)19)27-25-13-17-12-16-7-2-4-11-20(16)26-22(17)29/h1-13H,14H2,(H,24,30)(H,26,29)(H,27,28)/b25-13+. The highest BCUT2D eigenvalue weighted by atomic mass is 16.2. The molecule has 7 nitrogen and oxygen atoms in total. The van der Waals surface area contributed by atoms with Gasteiger partial charge in [0.1, 0.15) is 0 Å². The van der Waals surface area contributed by atoms with Gasteiger partial charge in [-0.15, -0.1) is 0 Å². The molecule has 148 valence electrons. The molecule has 4 rings (SSSR count). The molecule has 30 heavy (non-hydrogen) atoms. The fraction of sp³-hybridized carbons (Fsp3) is 0.0435. The number of hydrazone groups is 1. The first-order chi connectivity index (χ1) is 14.6. The smallest absolute Gasteiger partial charge is 0.259 e. The largest absolute Gasteiger partial charge is 0.343 e. The molecular formula is C23H18N4O3. The number of rotatable bonds is 5. The van der Waals surface area contributed by atoms with Gasteiger partial charge in [0.2, 0.25) is 0 Å². The summed E-state index contributed by atoms with van der Waals surface area (Å²) in [5.74, 6) is -0.853. The van der Waals surface area contributed by atoms with E-state index in [-0.39, 0.29) is 18.0 Å². The minimum absolute atomic E-state index is 0.243. The molecule has 0 saturated carbocycles. The van der Waals surface area contributed by atoms with Gasteiger partial charge in [-0.25, -0.2) is 5.43 Å². The van der Waals surface area contributed by atoms with E-state index in [9.17, 15) is 14.4 Å². The van der Waals surface area contributed by atoms with Gasteiger partial charge in [0.15, 0.2) is 0 Å². The quantitative estimate of drug-likeness (QED) is 0.356. The molecule has 0 aliphatic rings. The summed E-state index contributed by atoms with van der Waals surface area (Å²) < 4.78 is 0. The van der Waals surface area contributed by atoms with E-state index >= 15 is 0 Å². The molecule has 0 aliphatic carbocycles. The van der Waals surface area contributed by atoms with Gasteiger partial charge in [-0.3, -0.25) is 14.4 Å². The third-order valence-corrected chi connectivity index (χ3v) is 4.62. The van der Waals surface area contributed by atoms with Crippen LogP contribution >= 0.6 is 0 Å². The molecular weight excluding hydrogens is 380 g/mol. The van der Waals surface area contributed by atoms with Gasteiger partial charge in [-0.1, -0.05) is 54.6 Å².